The molecule has 0 unspecified atom stereocenters. The van der Waals surface area contributed by atoms with Gasteiger partial charge in [-0.15, -0.1) is 0 Å². The molecule has 1 N–H and O–H groups in total. The summed E-state index contributed by atoms with van der Waals surface area (Å²) in [6.07, 6.45) is -4.02. The third kappa shape index (κ3) is 5.66. The van der Waals surface area contributed by atoms with E-state index in [9.17, 15) is 18.0 Å². The van der Waals surface area contributed by atoms with Gasteiger partial charge in [0.25, 0.3) is 0 Å². The van der Waals surface area contributed by atoms with Gasteiger partial charge in [-0.05, 0) is 24.3 Å². The summed E-state index contributed by atoms with van der Waals surface area (Å²) in [5.41, 5.74) is -1.67. The molecule has 0 amide bonds. The minimum absolute atomic E-state index is 0.298. The van der Waals surface area contributed by atoms with E-state index in [4.69, 9.17) is 0 Å². The van der Waals surface area contributed by atoms with Crippen molar-refractivity contribution in [1.29, 1.82) is 0 Å². The number of benzene rings is 2. The normalized spacial score (nSPS) is 12.8. The van der Waals surface area contributed by atoms with E-state index < -0.39 is 23.1 Å². The SMILES string of the molecule is CC(C)(C)C(=O)/C=C(/Nc1ccccc1Sc1ccccc1)C(F)(F)F. The number of nitrogens with one attached hydrogen (secondary N) is 1. The molecule has 2 nitrogen and oxygen atoms in total. The molecule has 0 atom stereocenters. The smallest absolute Gasteiger partial charge is 0.350 e. The largest absolute Gasteiger partial charge is 0.431 e. The standard InChI is InChI=1S/C20H20F3NOS/c1-19(2,3)18(25)13-17(20(21,22)23)24-15-11-7-8-12-16(15)26-14-9-5-4-6-10-14/h4-13,24H,1-3H3/b17-13+. The Morgan fingerprint density at radius 3 is 2.12 bits per heavy atom. The molecule has 2 aromatic rings. The Morgan fingerprint density at radius 1 is 0.962 bits per heavy atom. The van der Waals surface area contributed by atoms with Crippen LogP contribution >= 0.6 is 11.8 Å². The molecule has 0 saturated heterocycles. The molecule has 0 aromatic heterocycles. The van der Waals surface area contributed by atoms with Gasteiger partial charge in [0.1, 0.15) is 5.70 Å². The van der Waals surface area contributed by atoms with E-state index >= 15 is 0 Å². The van der Waals surface area contributed by atoms with Crippen molar-refractivity contribution in [2.75, 3.05) is 5.32 Å². The molecule has 0 radical (unpaired) electrons. The van der Waals surface area contributed by atoms with Crippen LogP contribution in [0.4, 0.5) is 18.9 Å². The molecule has 0 aliphatic carbocycles. The van der Waals surface area contributed by atoms with E-state index in [2.05, 4.69) is 5.32 Å². The Hall–Kier alpha value is -2.21. The summed E-state index contributed by atoms with van der Waals surface area (Å²) in [5.74, 6) is -0.592. The number of alkyl halides is 3. The van der Waals surface area contributed by atoms with Crippen molar-refractivity contribution in [3.8, 4) is 0 Å². The van der Waals surface area contributed by atoms with Crippen molar-refractivity contribution in [3.05, 3.63) is 66.4 Å². The van der Waals surface area contributed by atoms with Gasteiger partial charge in [-0.1, -0.05) is 62.9 Å². The molecule has 0 heterocycles. The van der Waals surface area contributed by atoms with Crippen LogP contribution in [0.2, 0.25) is 0 Å². The lowest BCUT2D eigenvalue weighted by Crippen LogP contribution is -2.25. The van der Waals surface area contributed by atoms with E-state index in [1.807, 2.05) is 30.3 Å². The molecule has 0 fully saturated rings. The zero-order valence-electron chi connectivity index (χ0n) is 14.7. The minimum atomic E-state index is -4.66. The predicted molar refractivity (Wildman–Crippen MR) is 99.2 cm³/mol. The van der Waals surface area contributed by atoms with Gasteiger partial charge in [-0.2, -0.15) is 13.2 Å². The highest BCUT2D eigenvalue weighted by Crippen LogP contribution is 2.36. The second kappa shape index (κ2) is 7.99. The Bertz CT molecular complexity index is 793. The van der Waals surface area contributed by atoms with Crippen LogP contribution in [0.15, 0.2) is 76.2 Å². The zero-order valence-corrected chi connectivity index (χ0v) is 15.5. The molecule has 0 aliphatic heterocycles. The number of ketones is 1. The van der Waals surface area contributed by atoms with Gasteiger partial charge < -0.3 is 5.32 Å². The van der Waals surface area contributed by atoms with E-state index in [-0.39, 0.29) is 0 Å². The first-order valence-corrected chi connectivity index (χ1v) is 8.81. The molecule has 0 aliphatic rings. The van der Waals surface area contributed by atoms with Gasteiger partial charge in [-0.3, -0.25) is 4.79 Å². The monoisotopic (exact) mass is 379 g/mol. The first-order valence-electron chi connectivity index (χ1n) is 7.99. The Kier molecular flexibility index (Phi) is 6.18. The number of carbonyl (C=O) groups is 1. The predicted octanol–water partition coefficient (Wildman–Crippen LogP) is 6.31. The molecule has 6 heteroatoms. The second-order valence-electron chi connectivity index (χ2n) is 6.71. The van der Waals surface area contributed by atoms with Crippen LogP contribution in [0.5, 0.6) is 0 Å². The van der Waals surface area contributed by atoms with Crippen molar-refractivity contribution >= 4 is 23.2 Å². The van der Waals surface area contributed by atoms with Crippen molar-refractivity contribution in [2.45, 2.75) is 36.7 Å². The number of halogens is 3. The third-order valence-corrected chi connectivity index (χ3v) is 4.53. The summed E-state index contributed by atoms with van der Waals surface area (Å²) in [6, 6.07) is 16.1. The fourth-order valence-electron chi connectivity index (χ4n) is 1.96. The number of para-hydroxylation sites is 1. The summed E-state index contributed by atoms with van der Waals surface area (Å²) in [5, 5.41) is 2.41. The maximum absolute atomic E-state index is 13.4. The number of anilines is 1. The summed E-state index contributed by atoms with van der Waals surface area (Å²) in [7, 11) is 0. The van der Waals surface area contributed by atoms with Gasteiger partial charge in [-0.25, -0.2) is 0 Å². The van der Waals surface area contributed by atoms with Gasteiger partial charge in [0.2, 0.25) is 0 Å². The highest BCUT2D eigenvalue weighted by molar-refractivity contribution is 7.99. The molecule has 2 aromatic carbocycles. The van der Waals surface area contributed by atoms with Gasteiger partial charge >= 0.3 is 6.18 Å². The summed E-state index contributed by atoms with van der Waals surface area (Å²) in [6.45, 7) is 4.75. The molecular weight excluding hydrogens is 359 g/mol. The van der Waals surface area contributed by atoms with Crippen LogP contribution in [-0.2, 0) is 4.79 Å². The first kappa shape index (κ1) is 20.1. The second-order valence-corrected chi connectivity index (χ2v) is 7.82. The highest BCUT2D eigenvalue weighted by atomic mass is 32.2. The summed E-state index contributed by atoms with van der Waals surface area (Å²) < 4.78 is 40.3. The minimum Gasteiger partial charge on any atom is -0.350 e. The van der Waals surface area contributed by atoms with Crippen LogP contribution in [0, 0.1) is 5.41 Å². The lowest BCUT2D eigenvalue weighted by molar-refractivity contribution is -0.122. The summed E-state index contributed by atoms with van der Waals surface area (Å²) in [4.78, 5) is 13.6. The first-order chi connectivity index (χ1) is 12.1. The average molecular weight is 379 g/mol. The summed E-state index contributed by atoms with van der Waals surface area (Å²) >= 11 is 1.35. The van der Waals surface area contributed by atoms with Crippen LogP contribution in [0.25, 0.3) is 0 Å². The average Bonchev–Trinajstić information content (AvgIpc) is 2.55. The maximum Gasteiger partial charge on any atom is 0.431 e. The van der Waals surface area contributed by atoms with Gasteiger partial charge in [0.15, 0.2) is 5.78 Å². The molecule has 2 rings (SSSR count). The van der Waals surface area contributed by atoms with Crippen LogP contribution < -0.4 is 5.32 Å². The number of allylic oxidation sites excluding steroid dienone is 2. The molecule has 26 heavy (non-hydrogen) atoms. The van der Waals surface area contributed by atoms with Crippen LogP contribution in [0.3, 0.4) is 0 Å². The molecule has 0 spiro atoms. The van der Waals surface area contributed by atoms with E-state index in [0.717, 1.165) is 4.90 Å². The lowest BCUT2D eigenvalue weighted by Gasteiger charge is -2.19. The maximum atomic E-state index is 13.4. The molecule has 0 bridgehead atoms. The topological polar surface area (TPSA) is 29.1 Å². The molecular formula is C20H20F3NOS. The number of rotatable bonds is 5. The highest BCUT2D eigenvalue weighted by Gasteiger charge is 2.36. The van der Waals surface area contributed by atoms with E-state index in [1.165, 1.54) is 11.8 Å². The number of hydrogen-bond acceptors (Lipinski definition) is 3. The fraction of sp³-hybridized carbons (Fsp3) is 0.250. The van der Waals surface area contributed by atoms with Crippen molar-refractivity contribution in [1.82, 2.24) is 0 Å². The quantitative estimate of drug-likeness (QED) is 0.617. The van der Waals surface area contributed by atoms with Crippen molar-refractivity contribution in [3.63, 3.8) is 0 Å². The van der Waals surface area contributed by atoms with Crippen LogP contribution in [-0.4, -0.2) is 12.0 Å². The molecule has 138 valence electrons. The Balaban J connectivity index is 2.35. The molecule has 0 saturated carbocycles. The van der Waals surface area contributed by atoms with Gasteiger partial charge in [0.05, 0.1) is 5.69 Å². The number of carbonyl (C=O) groups excluding carboxylic acids is 1. The Morgan fingerprint density at radius 2 is 1.54 bits per heavy atom. The van der Waals surface area contributed by atoms with E-state index in [1.54, 1.807) is 45.0 Å². The van der Waals surface area contributed by atoms with Crippen molar-refractivity contribution in [2.24, 2.45) is 5.41 Å². The Labute approximate surface area is 155 Å². The van der Waals surface area contributed by atoms with Crippen molar-refractivity contribution < 1.29 is 18.0 Å². The fourth-order valence-corrected chi connectivity index (χ4v) is 2.88. The van der Waals surface area contributed by atoms with Crippen LogP contribution in [0.1, 0.15) is 20.8 Å². The van der Waals surface area contributed by atoms with Gasteiger partial charge in [0, 0.05) is 21.3 Å². The third-order valence-electron chi connectivity index (χ3n) is 3.45. The zero-order chi connectivity index (χ0) is 19.4. The van der Waals surface area contributed by atoms with E-state index in [0.29, 0.717) is 16.7 Å². The number of hydrogen-bond donors (Lipinski definition) is 1. The lowest BCUT2D eigenvalue weighted by atomic mass is 9.90.